The molecule has 0 spiro atoms. The summed E-state index contributed by atoms with van der Waals surface area (Å²) in [5.41, 5.74) is -0.379. The molecule has 2 aliphatic rings. The maximum Gasteiger partial charge on any atom is 0.316 e. The Labute approximate surface area is 137 Å². The molecule has 0 amide bonds. The van der Waals surface area contributed by atoms with Crippen LogP contribution in [0.25, 0.3) is 0 Å². The minimum atomic E-state index is -0.516. The third-order valence-corrected chi connectivity index (χ3v) is 5.55. The van der Waals surface area contributed by atoms with E-state index in [1.165, 1.54) is 4.57 Å². The molecule has 2 aromatic rings. The molecular weight excluding hydrogens is 316 g/mol. The monoisotopic (exact) mass is 332 g/mol. The molecule has 4 rings (SSSR count). The van der Waals surface area contributed by atoms with Gasteiger partial charge in [-0.3, -0.25) is 9.59 Å². The first kappa shape index (κ1) is 14.6. The van der Waals surface area contributed by atoms with E-state index in [4.69, 9.17) is 11.6 Å². The average Bonchev–Trinajstić information content (AvgIpc) is 2.97. The minimum absolute atomic E-state index is 0.173. The van der Waals surface area contributed by atoms with E-state index in [2.05, 4.69) is 17.1 Å². The molecule has 120 valence electrons. The van der Waals surface area contributed by atoms with Crippen LogP contribution < -0.4 is 11.1 Å². The molecule has 2 unspecified atom stereocenters. The standard InChI is InChI=1S/C16H17ClN4O2/c1-9-12-6-11(7-13(9)12)21-5-4-20(15(22)16(21)23)8-10-2-3-14(17)19-18-10/h2-5,9,11-13H,6-8H2,1H3. The molecule has 23 heavy (non-hydrogen) atoms. The zero-order chi connectivity index (χ0) is 16.1. The van der Waals surface area contributed by atoms with Gasteiger partial charge in [0, 0.05) is 18.4 Å². The highest BCUT2D eigenvalue weighted by molar-refractivity contribution is 6.29. The van der Waals surface area contributed by atoms with Crippen molar-refractivity contribution in [1.29, 1.82) is 0 Å². The summed E-state index contributed by atoms with van der Waals surface area (Å²) < 4.78 is 2.99. The van der Waals surface area contributed by atoms with Crippen LogP contribution in [0.4, 0.5) is 0 Å². The molecule has 0 aromatic carbocycles. The maximum absolute atomic E-state index is 12.4. The summed E-state index contributed by atoms with van der Waals surface area (Å²) in [6, 6.07) is 3.48. The average molecular weight is 333 g/mol. The van der Waals surface area contributed by atoms with Gasteiger partial charge in [-0.05, 0) is 42.7 Å². The van der Waals surface area contributed by atoms with Gasteiger partial charge < -0.3 is 9.13 Å². The van der Waals surface area contributed by atoms with Crippen molar-refractivity contribution in [2.45, 2.75) is 32.4 Å². The van der Waals surface area contributed by atoms with Crippen LogP contribution in [0.15, 0.2) is 34.1 Å². The highest BCUT2D eigenvalue weighted by Crippen LogP contribution is 2.60. The lowest BCUT2D eigenvalue weighted by Crippen LogP contribution is -2.42. The molecule has 2 heterocycles. The molecule has 2 fully saturated rings. The number of rotatable bonds is 3. The topological polar surface area (TPSA) is 69.8 Å². The van der Waals surface area contributed by atoms with E-state index < -0.39 is 11.1 Å². The first-order valence-electron chi connectivity index (χ1n) is 7.84. The molecule has 2 aliphatic carbocycles. The number of aromatic nitrogens is 4. The summed E-state index contributed by atoms with van der Waals surface area (Å²) in [5, 5.41) is 7.96. The van der Waals surface area contributed by atoms with E-state index in [0.29, 0.717) is 10.8 Å². The van der Waals surface area contributed by atoms with E-state index in [-0.39, 0.29) is 12.6 Å². The van der Waals surface area contributed by atoms with Crippen molar-refractivity contribution in [3.05, 3.63) is 56.1 Å². The van der Waals surface area contributed by atoms with Crippen LogP contribution in [0.2, 0.25) is 5.15 Å². The van der Waals surface area contributed by atoms with Crippen molar-refractivity contribution in [1.82, 2.24) is 19.3 Å². The van der Waals surface area contributed by atoms with Gasteiger partial charge in [-0.2, -0.15) is 5.10 Å². The second kappa shape index (κ2) is 5.30. The van der Waals surface area contributed by atoms with Crippen LogP contribution >= 0.6 is 11.6 Å². The summed E-state index contributed by atoms with van der Waals surface area (Å²) in [6.45, 7) is 2.48. The zero-order valence-electron chi connectivity index (χ0n) is 12.7. The number of nitrogens with zero attached hydrogens (tertiary/aromatic N) is 4. The lowest BCUT2D eigenvalue weighted by molar-refractivity contribution is 0.419. The molecule has 2 atom stereocenters. The van der Waals surface area contributed by atoms with E-state index in [1.54, 1.807) is 29.1 Å². The molecule has 0 radical (unpaired) electrons. The Balaban J connectivity index is 1.59. The first-order valence-corrected chi connectivity index (χ1v) is 8.22. The van der Waals surface area contributed by atoms with E-state index in [9.17, 15) is 9.59 Å². The van der Waals surface area contributed by atoms with Gasteiger partial charge in [0.25, 0.3) is 0 Å². The molecule has 7 heteroatoms. The van der Waals surface area contributed by atoms with E-state index >= 15 is 0 Å². The van der Waals surface area contributed by atoms with Crippen molar-refractivity contribution in [3.8, 4) is 0 Å². The second-order valence-corrected chi connectivity index (χ2v) is 6.99. The van der Waals surface area contributed by atoms with Crippen LogP contribution in [0.1, 0.15) is 31.5 Å². The fourth-order valence-corrected chi connectivity index (χ4v) is 4.00. The predicted molar refractivity (Wildman–Crippen MR) is 85.5 cm³/mol. The summed E-state index contributed by atoms with van der Waals surface area (Å²) >= 11 is 5.69. The van der Waals surface area contributed by atoms with Gasteiger partial charge >= 0.3 is 11.1 Å². The van der Waals surface area contributed by atoms with Gasteiger partial charge in [-0.25, -0.2) is 0 Å². The Bertz CT molecular complexity index is 846. The van der Waals surface area contributed by atoms with Gasteiger partial charge in [0.1, 0.15) is 0 Å². The Morgan fingerprint density at radius 3 is 2.52 bits per heavy atom. The molecule has 0 saturated heterocycles. The van der Waals surface area contributed by atoms with E-state index in [0.717, 1.165) is 30.6 Å². The van der Waals surface area contributed by atoms with Crippen LogP contribution in [0, 0.1) is 17.8 Å². The lowest BCUT2D eigenvalue weighted by atomic mass is 10.1. The van der Waals surface area contributed by atoms with Crippen molar-refractivity contribution in [3.63, 3.8) is 0 Å². The number of hydrogen-bond donors (Lipinski definition) is 0. The van der Waals surface area contributed by atoms with Crippen molar-refractivity contribution < 1.29 is 0 Å². The van der Waals surface area contributed by atoms with Crippen molar-refractivity contribution in [2.75, 3.05) is 0 Å². The fourth-order valence-electron chi connectivity index (χ4n) is 3.90. The Morgan fingerprint density at radius 2 is 1.87 bits per heavy atom. The Hall–Kier alpha value is -1.95. The quantitative estimate of drug-likeness (QED) is 0.802. The first-order chi connectivity index (χ1) is 11.0. The van der Waals surface area contributed by atoms with Gasteiger partial charge in [0.15, 0.2) is 5.15 Å². The smallest absolute Gasteiger partial charge is 0.306 e. The highest BCUT2D eigenvalue weighted by atomic mass is 35.5. The van der Waals surface area contributed by atoms with Crippen molar-refractivity contribution >= 4 is 11.6 Å². The van der Waals surface area contributed by atoms with Gasteiger partial charge in [-0.15, -0.1) is 5.10 Å². The summed E-state index contributed by atoms with van der Waals surface area (Å²) in [4.78, 5) is 24.7. The Kier molecular flexibility index (Phi) is 3.37. The normalized spacial score (nSPS) is 28.6. The predicted octanol–water partition coefficient (Wildman–Crippen LogP) is 1.72. The third kappa shape index (κ3) is 2.51. The molecule has 6 nitrogen and oxygen atoms in total. The van der Waals surface area contributed by atoms with Crippen LogP contribution in [0.3, 0.4) is 0 Å². The van der Waals surface area contributed by atoms with Crippen LogP contribution in [-0.2, 0) is 6.54 Å². The molecule has 2 aromatic heterocycles. The van der Waals surface area contributed by atoms with Crippen LogP contribution in [0.5, 0.6) is 0 Å². The minimum Gasteiger partial charge on any atom is -0.306 e. The molecule has 2 saturated carbocycles. The summed E-state index contributed by atoms with van der Waals surface area (Å²) in [5.74, 6) is 2.25. The van der Waals surface area contributed by atoms with Gasteiger partial charge in [0.2, 0.25) is 0 Å². The van der Waals surface area contributed by atoms with Gasteiger partial charge in [-0.1, -0.05) is 18.5 Å². The third-order valence-electron chi connectivity index (χ3n) is 5.35. The molecule has 0 N–H and O–H groups in total. The number of hydrogen-bond acceptors (Lipinski definition) is 4. The largest absolute Gasteiger partial charge is 0.316 e. The molecular formula is C16H17ClN4O2. The van der Waals surface area contributed by atoms with Gasteiger partial charge in [0.05, 0.1) is 12.2 Å². The highest BCUT2D eigenvalue weighted by Gasteiger charge is 2.53. The number of fused-ring (bicyclic) bond motifs is 1. The summed E-state index contributed by atoms with van der Waals surface area (Å²) in [7, 11) is 0. The molecule has 0 aliphatic heterocycles. The second-order valence-electron chi connectivity index (χ2n) is 6.60. The SMILES string of the molecule is CC1C2CC(n3ccn(Cc4ccc(Cl)nn4)c(=O)c3=O)CC12. The lowest BCUT2D eigenvalue weighted by Gasteiger charge is -2.17. The zero-order valence-corrected chi connectivity index (χ0v) is 13.5. The summed E-state index contributed by atoms with van der Waals surface area (Å²) in [6.07, 6.45) is 5.41. The van der Waals surface area contributed by atoms with E-state index in [1.807, 2.05) is 0 Å². The number of halogens is 1. The fraction of sp³-hybridized carbons (Fsp3) is 0.500. The Morgan fingerprint density at radius 1 is 1.13 bits per heavy atom. The maximum atomic E-state index is 12.4. The van der Waals surface area contributed by atoms with Crippen molar-refractivity contribution in [2.24, 2.45) is 17.8 Å². The van der Waals surface area contributed by atoms with Crippen LogP contribution in [-0.4, -0.2) is 19.3 Å². The molecule has 0 bridgehead atoms.